The van der Waals surface area contributed by atoms with Crippen LogP contribution < -0.4 is 0 Å². The molecule has 2 aliphatic heterocycles. The molecule has 5 nitrogen and oxygen atoms in total. The molecule has 1 amide bonds. The van der Waals surface area contributed by atoms with Crippen molar-refractivity contribution in [2.45, 2.75) is 24.9 Å². The minimum Gasteiger partial charge on any atom is -0.393 e. The molecule has 0 radical (unpaired) electrons. The van der Waals surface area contributed by atoms with E-state index in [1.165, 1.54) is 12.1 Å². The molecule has 0 saturated carbocycles. The maximum absolute atomic E-state index is 13.1. The maximum Gasteiger partial charge on any atom is 0.236 e. The highest BCUT2D eigenvalue weighted by Gasteiger charge is 2.38. The molecule has 0 bridgehead atoms. The van der Waals surface area contributed by atoms with Gasteiger partial charge in [0, 0.05) is 13.0 Å². The first-order valence-corrected chi connectivity index (χ1v) is 8.60. The lowest BCUT2D eigenvalue weighted by atomic mass is 9.93. The number of rotatable bonds is 5. The van der Waals surface area contributed by atoms with Crippen molar-refractivity contribution in [2.75, 3.05) is 45.9 Å². The van der Waals surface area contributed by atoms with Crippen LogP contribution in [0.1, 0.15) is 18.4 Å². The molecule has 0 unspecified atom stereocenters. The minimum atomic E-state index is -0.809. The molecule has 1 aromatic carbocycles. The van der Waals surface area contributed by atoms with Crippen LogP contribution in [-0.2, 0) is 16.0 Å². The average molecular weight is 336 g/mol. The van der Waals surface area contributed by atoms with Gasteiger partial charge in [-0.1, -0.05) is 12.1 Å². The van der Waals surface area contributed by atoms with E-state index < -0.39 is 5.60 Å². The smallest absolute Gasteiger partial charge is 0.236 e. The Labute approximate surface area is 142 Å². The summed E-state index contributed by atoms with van der Waals surface area (Å²) in [6.45, 7) is 3.57. The van der Waals surface area contributed by atoms with Gasteiger partial charge in [0.25, 0.3) is 0 Å². The Bertz CT molecular complexity index is 560. The van der Waals surface area contributed by atoms with Gasteiger partial charge < -0.3 is 14.7 Å². The van der Waals surface area contributed by atoms with E-state index in [0.717, 1.165) is 31.5 Å². The number of halogens is 1. The summed E-state index contributed by atoms with van der Waals surface area (Å²) in [4.78, 5) is 16.5. The van der Waals surface area contributed by atoms with Crippen LogP contribution in [0.2, 0.25) is 0 Å². The molecule has 0 aromatic heterocycles. The molecule has 3 rings (SSSR count). The van der Waals surface area contributed by atoms with Crippen molar-refractivity contribution >= 4 is 5.91 Å². The summed E-state index contributed by atoms with van der Waals surface area (Å²) in [5.74, 6) is -0.194. The van der Waals surface area contributed by atoms with E-state index in [1.54, 1.807) is 17.0 Å². The van der Waals surface area contributed by atoms with Crippen molar-refractivity contribution in [3.8, 4) is 0 Å². The number of hydrogen-bond donors (Lipinski definition) is 1. The highest BCUT2D eigenvalue weighted by Crippen LogP contribution is 2.23. The third-order valence-corrected chi connectivity index (χ3v) is 4.89. The van der Waals surface area contributed by atoms with Crippen LogP contribution in [0.5, 0.6) is 0 Å². The molecule has 6 heteroatoms. The number of benzene rings is 1. The molecule has 132 valence electrons. The molecular weight excluding hydrogens is 311 g/mol. The van der Waals surface area contributed by atoms with Crippen LogP contribution in [0.4, 0.5) is 4.39 Å². The highest BCUT2D eigenvalue weighted by atomic mass is 19.1. The summed E-state index contributed by atoms with van der Waals surface area (Å²) < 4.78 is 18.9. The fourth-order valence-corrected chi connectivity index (χ4v) is 3.52. The Balaban J connectivity index is 1.64. The van der Waals surface area contributed by atoms with E-state index in [4.69, 9.17) is 4.74 Å². The lowest BCUT2D eigenvalue weighted by Gasteiger charge is -2.42. The second-order valence-corrected chi connectivity index (χ2v) is 6.79. The summed E-state index contributed by atoms with van der Waals surface area (Å²) in [5, 5.41) is 9.89. The van der Waals surface area contributed by atoms with Crippen molar-refractivity contribution in [3.05, 3.63) is 35.6 Å². The van der Waals surface area contributed by atoms with Crippen molar-refractivity contribution in [3.63, 3.8) is 0 Å². The van der Waals surface area contributed by atoms with Crippen LogP contribution >= 0.6 is 0 Å². The second-order valence-electron chi connectivity index (χ2n) is 6.79. The molecular formula is C18H25FN2O3. The van der Waals surface area contributed by atoms with Gasteiger partial charge in [-0.15, -0.1) is 0 Å². The number of carbonyl (C=O) groups excluding carboxylic acids is 1. The SMILES string of the molecule is O=C(CN1CCCC1)N1CCO[C@@](CO)(Cc2ccc(F)cc2)C1. The molecule has 1 atom stereocenters. The number of hydrogen-bond acceptors (Lipinski definition) is 4. The lowest BCUT2D eigenvalue weighted by molar-refractivity contribution is -0.158. The third kappa shape index (κ3) is 4.12. The van der Waals surface area contributed by atoms with Crippen molar-refractivity contribution in [2.24, 2.45) is 0 Å². The van der Waals surface area contributed by atoms with Gasteiger partial charge in [0.2, 0.25) is 5.91 Å². The normalized spacial score (nSPS) is 25.2. The van der Waals surface area contributed by atoms with Gasteiger partial charge in [-0.25, -0.2) is 4.39 Å². The van der Waals surface area contributed by atoms with Crippen LogP contribution in [0.25, 0.3) is 0 Å². The number of amides is 1. The average Bonchev–Trinajstić information content (AvgIpc) is 3.10. The van der Waals surface area contributed by atoms with E-state index >= 15 is 0 Å². The molecule has 2 saturated heterocycles. The molecule has 2 heterocycles. The number of aliphatic hydroxyl groups is 1. The number of likely N-dealkylation sites (tertiary alicyclic amines) is 1. The van der Waals surface area contributed by atoms with E-state index in [2.05, 4.69) is 4.90 Å². The molecule has 0 aliphatic carbocycles. The highest BCUT2D eigenvalue weighted by molar-refractivity contribution is 5.78. The zero-order valence-electron chi connectivity index (χ0n) is 13.9. The van der Waals surface area contributed by atoms with Crippen LogP contribution in [0.3, 0.4) is 0 Å². The lowest BCUT2D eigenvalue weighted by Crippen LogP contribution is -2.58. The van der Waals surface area contributed by atoms with Gasteiger partial charge in [0.15, 0.2) is 0 Å². The Hall–Kier alpha value is -1.50. The van der Waals surface area contributed by atoms with Crippen molar-refractivity contribution in [1.29, 1.82) is 0 Å². The Morgan fingerprint density at radius 2 is 1.92 bits per heavy atom. The summed E-state index contributed by atoms with van der Waals surface area (Å²) in [6.07, 6.45) is 2.76. The van der Waals surface area contributed by atoms with Gasteiger partial charge in [0.1, 0.15) is 11.4 Å². The molecule has 24 heavy (non-hydrogen) atoms. The van der Waals surface area contributed by atoms with Crippen molar-refractivity contribution < 1.29 is 19.0 Å². The summed E-state index contributed by atoms with van der Waals surface area (Å²) >= 11 is 0. The monoisotopic (exact) mass is 336 g/mol. The Morgan fingerprint density at radius 3 is 2.58 bits per heavy atom. The first-order valence-electron chi connectivity index (χ1n) is 8.60. The summed E-state index contributed by atoms with van der Waals surface area (Å²) in [6, 6.07) is 6.20. The van der Waals surface area contributed by atoms with Gasteiger partial charge in [-0.05, 0) is 43.6 Å². The Morgan fingerprint density at radius 1 is 1.21 bits per heavy atom. The van der Waals surface area contributed by atoms with E-state index in [-0.39, 0.29) is 18.3 Å². The first kappa shape index (κ1) is 17.3. The van der Waals surface area contributed by atoms with E-state index in [0.29, 0.717) is 32.7 Å². The van der Waals surface area contributed by atoms with Crippen LogP contribution in [0.15, 0.2) is 24.3 Å². The third-order valence-electron chi connectivity index (χ3n) is 4.89. The molecule has 2 fully saturated rings. The minimum absolute atomic E-state index is 0.0946. The maximum atomic E-state index is 13.1. The number of nitrogens with zero attached hydrogens (tertiary/aromatic N) is 2. The molecule has 2 aliphatic rings. The molecule has 1 aromatic rings. The predicted octanol–water partition coefficient (Wildman–Crippen LogP) is 1.05. The zero-order chi connectivity index (χ0) is 17.0. The quantitative estimate of drug-likeness (QED) is 0.873. The Kier molecular flexibility index (Phi) is 5.48. The van der Waals surface area contributed by atoms with E-state index in [9.17, 15) is 14.3 Å². The standard InChI is InChI=1S/C18H25FN2O3/c19-16-5-3-15(4-6-16)11-18(14-22)13-21(9-10-24-18)17(23)12-20-7-1-2-8-20/h3-6,22H,1-2,7-14H2/t18-/m0/s1. The van der Waals surface area contributed by atoms with E-state index in [1.807, 2.05) is 0 Å². The number of aliphatic hydroxyl groups excluding tert-OH is 1. The second kappa shape index (κ2) is 7.59. The largest absolute Gasteiger partial charge is 0.393 e. The van der Waals surface area contributed by atoms with Gasteiger partial charge in [0.05, 0.1) is 26.3 Å². The molecule has 1 N–H and O–H groups in total. The fourth-order valence-electron chi connectivity index (χ4n) is 3.52. The first-order chi connectivity index (χ1) is 11.6. The number of ether oxygens (including phenoxy) is 1. The topological polar surface area (TPSA) is 53.0 Å². The zero-order valence-corrected chi connectivity index (χ0v) is 13.9. The van der Waals surface area contributed by atoms with Crippen LogP contribution in [-0.4, -0.2) is 72.4 Å². The van der Waals surface area contributed by atoms with Crippen molar-refractivity contribution in [1.82, 2.24) is 9.80 Å². The predicted molar refractivity (Wildman–Crippen MR) is 88.1 cm³/mol. The molecule has 0 spiro atoms. The van der Waals surface area contributed by atoms with Gasteiger partial charge in [-0.2, -0.15) is 0 Å². The summed E-state index contributed by atoms with van der Waals surface area (Å²) in [5.41, 5.74) is 0.0795. The number of carbonyl (C=O) groups is 1. The van der Waals surface area contributed by atoms with Gasteiger partial charge >= 0.3 is 0 Å². The number of morpholine rings is 1. The van der Waals surface area contributed by atoms with Gasteiger partial charge in [-0.3, -0.25) is 9.69 Å². The van der Waals surface area contributed by atoms with Crippen LogP contribution in [0, 0.1) is 5.82 Å². The summed E-state index contributed by atoms with van der Waals surface area (Å²) in [7, 11) is 0. The fraction of sp³-hybridized carbons (Fsp3) is 0.611.